The van der Waals surface area contributed by atoms with Crippen molar-refractivity contribution in [3.05, 3.63) is 27.9 Å². The van der Waals surface area contributed by atoms with Crippen LogP contribution in [0.4, 0.5) is 0 Å². The Morgan fingerprint density at radius 1 is 1.32 bits per heavy atom. The Morgan fingerprint density at radius 2 is 2.04 bits per heavy atom. The lowest BCUT2D eigenvalue weighted by Crippen LogP contribution is -2.18. The number of hydrogen-bond donors (Lipinski definition) is 1. The second kappa shape index (κ2) is 10.8. The van der Waals surface area contributed by atoms with E-state index < -0.39 is 11.8 Å². The first-order valence-corrected chi connectivity index (χ1v) is 8.59. The number of ketones is 1. The minimum Gasteiger partial charge on any atom is -0.464 e. The van der Waals surface area contributed by atoms with Gasteiger partial charge < -0.3 is 14.4 Å². The number of allylic oxidation sites excluding steroid dienone is 2. The Morgan fingerprint density at radius 3 is 2.64 bits per heavy atom. The predicted molar refractivity (Wildman–Crippen MR) is 95.2 cm³/mol. The summed E-state index contributed by atoms with van der Waals surface area (Å²) < 4.78 is 10.0. The summed E-state index contributed by atoms with van der Waals surface area (Å²) in [5.74, 6) is -0.497. The Kier molecular flexibility index (Phi) is 9.11. The monoisotopic (exact) mass is 369 g/mol. The maximum Gasteiger partial charge on any atom is 0.356 e. The van der Waals surface area contributed by atoms with Crippen molar-refractivity contribution in [3.63, 3.8) is 0 Å². The summed E-state index contributed by atoms with van der Waals surface area (Å²) >= 11 is 1.47. The van der Waals surface area contributed by atoms with Gasteiger partial charge in [-0.3, -0.25) is 14.7 Å². The van der Waals surface area contributed by atoms with Crippen LogP contribution in [0.2, 0.25) is 0 Å². The average Bonchev–Trinajstić information content (AvgIpc) is 3.01. The molecule has 0 fully saturated rings. The number of nitrogens with zero attached hydrogens (tertiary/aromatic N) is 2. The van der Waals surface area contributed by atoms with Crippen LogP contribution in [0, 0.1) is 0 Å². The number of rotatable bonds is 11. The number of carbonyl (C=O) groups is 3. The third kappa shape index (κ3) is 6.81. The smallest absolute Gasteiger partial charge is 0.356 e. The molecule has 0 aromatic carbocycles. The molecule has 1 heterocycles. The van der Waals surface area contributed by atoms with Gasteiger partial charge in [0.1, 0.15) is 5.69 Å². The number of nitrogens with one attached hydrogen (secondary N) is 1. The standard InChI is InChI=1S/C16H23N3O5S/c1-11(25-8-7-24-6-5-19(2)3)9-13(21)14-12(10-20)15(18-17-14)16(22)23-4/h9-10H,5-8H2,1-4H3,(H,17,18)/b11-9+. The van der Waals surface area contributed by atoms with Crippen LogP contribution in [-0.4, -0.2) is 79.9 Å². The molecule has 0 spiro atoms. The molecular formula is C16H23N3O5S. The second-order valence-electron chi connectivity index (χ2n) is 5.35. The third-order valence-corrected chi connectivity index (χ3v) is 4.06. The molecule has 0 amide bonds. The fraction of sp³-hybridized carbons (Fsp3) is 0.500. The van der Waals surface area contributed by atoms with Gasteiger partial charge in [-0.15, -0.1) is 11.8 Å². The molecule has 8 nitrogen and oxygen atoms in total. The lowest BCUT2D eigenvalue weighted by molar-refractivity contribution is 0.0591. The van der Waals surface area contributed by atoms with Crippen molar-refractivity contribution in [1.82, 2.24) is 15.1 Å². The first-order valence-electron chi connectivity index (χ1n) is 7.60. The van der Waals surface area contributed by atoms with Crippen molar-refractivity contribution in [1.29, 1.82) is 0 Å². The number of thioether (sulfide) groups is 1. The van der Waals surface area contributed by atoms with E-state index in [9.17, 15) is 14.4 Å². The molecular weight excluding hydrogens is 346 g/mol. The molecule has 9 heteroatoms. The van der Waals surface area contributed by atoms with Gasteiger partial charge in [0.2, 0.25) is 5.78 Å². The van der Waals surface area contributed by atoms with Crippen LogP contribution in [0.3, 0.4) is 0 Å². The summed E-state index contributed by atoms with van der Waals surface area (Å²) in [6.45, 7) is 3.87. The zero-order valence-corrected chi connectivity index (χ0v) is 15.6. The van der Waals surface area contributed by atoms with Crippen LogP contribution in [0.5, 0.6) is 0 Å². The number of hydrogen-bond acceptors (Lipinski definition) is 8. The zero-order chi connectivity index (χ0) is 18.8. The topological polar surface area (TPSA) is 102 Å². The predicted octanol–water partition coefficient (Wildman–Crippen LogP) is 1.41. The molecule has 0 aliphatic carbocycles. The Balaban J connectivity index is 2.59. The van der Waals surface area contributed by atoms with E-state index in [1.165, 1.54) is 24.9 Å². The average molecular weight is 369 g/mol. The van der Waals surface area contributed by atoms with E-state index in [1.807, 2.05) is 19.0 Å². The van der Waals surface area contributed by atoms with Gasteiger partial charge in [-0.25, -0.2) is 4.79 Å². The van der Waals surface area contributed by atoms with Crippen LogP contribution >= 0.6 is 11.8 Å². The van der Waals surface area contributed by atoms with E-state index >= 15 is 0 Å². The van der Waals surface area contributed by atoms with E-state index in [0.717, 1.165) is 11.4 Å². The van der Waals surface area contributed by atoms with Crippen LogP contribution in [0.1, 0.15) is 38.3 Å². The molecule has 0 bridgehead atoms. The highest BCUT2D eigenvalue weighted by Crippen LogP contribution is 2.17. The fourth-order valence-corrected chi connectivity index (χ4v) is 2.53. The number of ether oxygens (including phenoxy) is 2. The number of esters is 1. The number of H-pyrrole nitrogens is 1. The van der Waals surface area contributed by atoms with Crippen LogP contribution in [-0.2, 0) is 9.47 Å². The summed E-state index contributed by atoms with van der Waals surface area (Å²) in [4.78, 5) is 37.7. The fourth-order valence-electron chi connectivity index (χ4n) is 1.82. The summed E-state index contributed by atoms with van der Waals surface area (Å²) in [5, 5.41) is 6.13. The van der Waals surface area contributed by atoms with Crippen molar-refractivity contribution in [3.8, 4) is 0 Å². The van der Waals surface area contributed by atoms with Gasteiger partial charge in [0.25, 0.3) is 0 Å². The summed E-state index contributed by atoms with van der Waals surface area (Å²) in [6, 6.07) is 0. The van der Waals surface area contributed by atoms with Gasteiger partial charge in [-0.05, 0) is 32.0 Å². The summed E-state index contributed by atoms with van der Waals surface area (Å²) in [7, 11) is 5.14. The van der Waals surface area contributed by atoms with Crippen molar-refractivity contribution < 1.29 is 23.9 Å². The summed E-state index contributed by atoms with van der Waals surface area (Å²) in [6.07, 6.45) is 1.80. The number of aldehydes is 1. The SMILES string of the molecule is COC(=O)c1[nH]nc(C(=O)/C=C(\C)SCCOCCN(C)C)c1C=O. The maximum atomic E-state index is 12.2. The van der Waals surface area contributed by atoms with Crippen molar-refractivity contribution >= 4 is 29.8 Å². The molecule has 1 rings (SSSR count). The molecule has 1 N–H and O–H groups in total. The molecule has 0 aliphatic heterocycles. The number of methoxy groups -OCH3 is 1. The molecule has 0 radical (unpaired) electrons. The van der Waals surface area contributed by atoms with Crippen LogP contribution in [0.25, 0.3) is 0 Å². The van der Waals surface area contributed by atoms with Gasteiger partial charge in [0, 0.05) is 12.3 Å². The Hall–Kier alpha value is -1.97. The lowest BCUT2D eigenvalue weighted by atomic mass is 10.1. The van der Waals surface area contributed by atoms with E-state index in [2.05, 4.69) is 14.9 Å². The van der Waals surface area contributed by atoms with E-state index in [0.29, 0.717) is 25.3 Å². The molecule has 138 valence electrons. The number of carbonyl (C=O) groups excluding carboxylic acids is 3. The molecule has 0 saturated carbocycles. The van der Waals surface area contributed by atoms with Crippen molar-refractivity contribution in [2.75, 3.05) is 46.7 Å². The molecule has 0 saturated heterocycles. The van der Waals surface area contributed by atoms with Gasteiger partial charge in [-0.2, -0.15) is 5.10 Å². The highest BCUT2D eigenvalue weighted by molar-refractivity contribution is 8.03. The van der Waals surface area contributed by atoms with Gasteiger partial charge in [-0.1, -0.05) is 0 Å². The van der Waals surface area contributed by atoms with Crippen molar-refractivity contribution in [2.45, 2.75) is 6.92 Å². The molecule has 25 heavy (non-hydrogen) atoms. The summed E-state index contributed by atoms with van der Waals surface area (Å²) in [5.41, 5.74) is -0.329. The first-order chi connectivity index (χ1) is 11.9. The molecule has 1 aromatic rings. The quantitative estimate of drug-likeness (QED) is 0.205. The maximum absolute atomic E-state index is 12.2. The highest BCUT2D eigenvalue weighted by Gasteiger charge is 2.22. The van der Waals surface area contributed by atoms with E-state index in [-0.39, 0.29) is 17.0 Å². The van der Waals surface area contributed by atoms with Crippen LogP contribution in [0.15, 0.2) is 11.0 Å². The van der Waals surface area contributed by atoms with Gasteiger partial charge >= 0.3 is 5.97 Å². The molecule has 0 aliphatic rings. The van der Waals surface area contributed by atoms with Crippen molar-refractivity contribution in [2.24, 2.45) is 0 Å². The number of likely N-dealkylation sites (N-methyl/N-ethyl adjacent to an activating group) is 1. The minimum absolute atomic E-state index is 0.0991. The Labute approximate surface area is 150 Å². The van der Waals surface area contributed by atoms with E-state index in [4.69, 9.17) is 4.74 Å². The normalized spacial score (nSPS) is 11.6. The van der Waals surface area contributed by atoms with E-state index in [1.54, 1.807) is 6.92 Å². The molecule has 0 unspecified atom stereocenters. The largest absolute Gasteiger partial charge is 0.464 e. The third-order valence-electron chi connectivity index (χ3n) is 3.12. The lowest BCUT2D eigenvalue weighted by Gasteiger charge is -2.09. The van der Waals surface area contributed by atoms with Gasteiger partial charge in [0.05, 0.1) is 25.9 Å². The molecule has 1 aromatic heterocycles. The van der Waals surface area contributed by atoms with Crippen LogP contribution < -0.4 is 0 Å². The Bertz CT molecular complexity index is 640. The molecule has 0 atom stereocenters. The zero-order valence-electron chi connectivity index (χ0n) is 14.8. The second-order valence-corrected chi connectivity index (χ2v) is 6.69. The number of aromatic nitrogens is 2. The number of aromatic amines is 1. The highest BCUT2D eigenvalue weighted by atomic mass is 32.2. The minimum atomic E-state index is -0.751. The van der Waals surface area contributed by atoms with Gasteiger partial charge in [0.15, 0.2) is 12.0 Å². The first kappa shape index (κ1) is 21.1.